The van der Waals surface area contributed by atoms with Crippen LogP contribution in [-0.4, -0.2) is 55.6 Å². The Balaban J connectivity index is 1.52. The van der Waals surface area contributed by atoms with Gasteiger partial charge in [0, 0.05) is 25.7 Å². The molecule has 0 spiro atoms. The van der Waals surface area contributed by atoms with Gasteiger partial charge in [0.15, 0.2) is 0 Å². The van der Waals surface area contributed by atoms with Crippen molar-refractivity contribution in [3.63, 3.8) is 0 Å². The minimum absolute atomic E-state index is 0.0923. The standard InChI is InChI=1S/C18H27N3O4/c22-17(18(23)20-14-5-2-1-3-6-14)19-13-15(16-7-4-10-25-16)21-8-11-24-12-9-21/h4,7,10,14-15H,1-3,5-6,8-9,11-13H2,(H,19,22)(H,20,23)/t15-/m1/s1. The summed E-state index contributed by atoms with van der Waals surface area (Å²) in [5, 5.41) is 5.61. The largest absolute Gasteiger partial charge is 0.468 e. The fourth-order valence-corrected chi connectivity index (χ4v) is 3.55. The van der Waals surface area contributed by atoms with E-state index >= 15 is 0 Å². The summed E-state index contributed by atoms with van der Waals surface area (Å²) in [7, 11) is 0. The van der Waals surface area contributed by atoms with Gasteiger partial charge in [-0.25, -0.2) is 0 Å². The number of furan rings is 1. The summed E-state index contributed by atoms with van der Waals surface area (Å²) in [6.07, 6.45) is 6.99. The van der Waals surface area contributed by atoms with E-state index in [1.165, 1.54) is 6.42 Å². The molecule has 1 saturated heterocycles. The molecule has 0 unspecified atom stereocenters. The van der Waals surface area contributed by atoms with Crippen molar-refractivity contribution in [3.05, 3.63) is 24.2 Å². The van der Waals surface area contributed by atoms with Gasteiger partial charge in [0.05, 0.1) is 25.5 Å². The maximum atomic E-state index is 12.2. The Kier molecular flexibility index (Phi) is 6.47. The van der Waals surface area contributed by atoms with Crippen molar-refractivity contribution >= 4 is 11.8 Å². The number of rotatable bonds is 5. The van der Waals surface area contributed by atoms with Crippen LogP contribution in [0.2, 0.25) is 0 Å². The molecule has 0 radical (unpaired) electrons. The molecule has 3 rings (SSSR count). The third-order valence-electron chi connectivity index (χ3n) is 4.96. The van der Waals surface area contributed by atoms with Crippen LogP contribution in [0, 0.1) is 0 Å². The lowest BCUT2D eigenvalue weighted by Crippen LogP contribution is -2.48. The number of morpholine rings is 1. The minimum Gasteiger partial charge on any atom is -0.468 e. The van der Waals surface area contributed by atoms with E-state index in [-0.39, 0.29) is 12.1 Å². The van der Waals surface area contributed by atoms with Crippen molar-refractivity contribution in [3.8, 4) is 0 Å². The Bertz CT molecular complexity index is 549. The molecule has 1 saturated carbocycles. The molecular formula is C18H27N3O4. The number of hydrogen-bond acceptors (Lipinski definition) is 5. The van der Waals surface area contributed by atoms with Gasteiger partial charge in [-0.3, -0.25) is 14.5 Å². The average molecular weight is 349 g/mol. The zero-order valence-electron chi connectivity index (χ0n) is 14.5. The lowest BCUT2D eigenvalue weighted by Gasteiger charge is -2.33. The molecule has 0 bridgehead atoms. The zero-order valence-corrected chi connectivity index (χ0v) is 14.5. The maximum absolute atomic E-state index is 12.2. The van der Waals surface area contributed by atoms with Gasteiger partial charge in [-0.1, -0.05) is 19.3 Å². The van der Waals surface area contributed by atoms with Crippen LogP contribution in [0.1, 0.15) is 43.9 Å². The molecule has 1 atom stereocenters. The van der Waals surface area contributed by atoms with Crippen LogP contribution in [0.15, 0.2) is 22.8 Å². The monoisotopic (exact) mass is 349 g/mol. The number of carbonyl (C=O) groups is 2. The second-order valence-electron chi connectivity index (χ2n) is 6.70. The first-order valence-corrected chi connectivity index (χ1v) is 9.18. The quantitative estimate of drug-likeness (QED) is 0.781. The molecule has 7 heteroatoms. The molecular weight excluding hydrogens is 322 g/mol. The van der Waals surface area contributed by atoms with Crippen molar-refractivity contribution in [1.82, 2.24) is 15.5 Å². The molecule has 1 aromatic rings. The van der Waals surface area contributed by atoms with Gasteiger partial charge in [0.25, 0.3) is 0 Å². The molecule has 1 aromatic heterocycles. The maximum Gasteiger partial charge on any atom is 0.309 e. The summed E-state index contributed by atoms with van der Waals surface area (Å²) < 4.78 is 10.9. The van der Waals surface area contributed by atoms with Gasteiger partial charge in [0.2, 0.25) is 0 Å². The van der Waals surface area contributed by atoms with Crippen molar-refractivity contribution < 1.29 is 18.7 Å². The third kappa shape index (κ3) is 5.06. The lowest BCUT2D eigenvalue weighted by molar-refractivity contribution is -0.140. The van der Waals surface area contributed by atoms with E-state index < -0.39 is 11.8 Å². The number of nitrogens with zero attached hydrogens (tertiary/aromatic N) is 1. The van der Waals surface area contributed by atoms with E-state index in [0.29, 0.717) is 19.8 Å². The zero-order chi connectivity index (χ0) is 17.5. The first-order chi connectivity index (χ1) is 12.2. The summed E-state index contributed by atoms with van der Waals surface area (Å²) in [5.41, 5.74) is 0. The van der Waals surface area contributed by atoms with Crippen LogP contribution < -0.4 is 10.6 Å². The van der Waals surface area contributed by atoms with Crippen molar-refractivity contribution in [1.29, 1.82) is 0 Å². The number of nitrogens with one attached hydrogen (secondary N) is 2. The molecule has 2 fully saturated rings. The number of ether oxygens (including phenoxy) is 1. The number of carbonyl (C=O) groups excluding carboxylic acids is 2. The van der Waals surface area contributed by atoms with E-state index in [0.717, 1.165) is 44.5 Å². The Morgan fingerprint density at radius 3 is 2.60 bits per heavy atom. The van der Waals surface area contributed by atoms with Crippen LogP contribution in [-0.2, 0) is 14.3 Å². The van der Waals surface area contributed by atoms with Gasteiger partial charge in [-0.05, 0) is 25.0 Å². The summed E-state index contributed by atoms with van der Waals surface area (Å²) >= 11 is 0. The normalized spacial score (nSPS) is 20.8. The minimum atomic E-state index is -0.574. The highest BCUT2D eigenvalue weighted by Gasteiger charge is 2.27. The summed E-state index contributed by atoms with van der Waals surface area (Å²) in [6.45, 7) is 3.20. The van der Waals surface area contributed by atoms with Crippen molar-refractivity contribution in [2.75, 3.05) is 32.8 Å². The van der Waals surface area contributed by atoms with E-state index in [1.807, 2.05) is 12.1 Å². The SMILES string of the molecule is O=C(NC[C@H](c1ccco1)N1CCOCC1)C(=O)NC1CCCCC1. The molecule has 1 aliphatic carbocycles. The molecule has 2 aliphatic rings. The summed E-state index contributed by atoms with van der Waals surface area (Å²) in [6, 6.07) is 3.77. The number of amides is 2. The van der Waals surface area contributed by atoms with Crippen molar-refractivity contribution in [2.24, 2.45) is 0 Å². The molecule has 2 heterocycles. The molecule has 7 nitrogen and oxygen atoms in total. The molecule has 138 valence electrons. The summed E-state index contributed by atoms with van der Waals surface area (Å²) in [5.74, 6) is -0.322. The number of hydrogen-bond donors (Lipinski definition) is 2. The van der Waals surface area contributed by atoms with Crippen LogP contribution in [0.3, 0.4) is 0 Å². The van der Waals surface area contributed by atoms with Crippen LogP contribution in [0.5, 0.6) is 0 Å². The third-order valence-corrected chi connectivity index (χ3v) is 4.96. The van der Waals surface area contributed by atoms with Gasteiger partial charge in [-0.15, -0.1) is 0 Å². The molecule has 25 heavy (non-hydrogen) atoms. The highest BCUT2D eigenvalue weighted by atomic mass is 16.5. The summed E-state index contributed by atoms with van der Waals surface area (Å²) in [4.78, 5) is 26.5. The Morgan fingerprint density at radius 2 is 1.92 bits per heavy atom. The molecule has 1 aliphatic heterocycles. The molecule has 2 amide bonds. The Labute approximate surface area is 148 Å². The highest BCUT2D eigenvalue weighted by Crippen LogP contribution is 2.21. The van der Waals surface area contributed by atoms with Gasteiger partial charge in [0.1, 0.15) is 5.76 Å². The first-order valence-electron chi connectivity index (χ1n) is 9.18. The van der Waals surface area contributed by atoms with Gasteiger partial charge < -0.3 is 19.8 Å². The fourth-order valence-electron chi connectivity index (χ4n) is 3.55. The molecule has 2 N–H and O–H groups in total. The fraction of sp³-hybridized carbons (Fsp3) is 0.667. The van der Waals surface area contributed by atoms with Crippen LogP contribution in [0.25, 0.3) is 0 Å². The average Bonchev–Trinajstić information content (AvgIpc) is 3.18. The van der Waals surface area contributed by atoms with E-state index in [9.17, 15) is 9.59 Å². The Morgan fingerprint density at radius 1 is 1.16 bits per heavy atom. The van der Waals surface area contributed by atoms with Crippen molar-refractivity contribution in [2.45, 2.75) is 44.2 Å². The Hall–Kier alpha value is -1.86. The van der Waals surface area contributed by atoms with E-state index in [2.05, 4.69) is 15.5 Å². The van der Waals surface area contributed by atoms with E-state index in [1.54, 1.807) is 6.26 Å². The molecule has 0 aromatic carbocycles. The van der Waals surface area contributed by atoms with Gasteiger partial charge in [-0.2, -0.15) is 0 Å². The second-order valence-corrected chi connectivity index (χ2v) is 6.70. The highest BCUT2D eigenvalue weighted by molar-refractivity contribution is 6.35. The predicted molar refractivity (Wildman–Crippen MR) is 91.9 cm³/mol. The lowest BCUT2D eigenvalue weighted by atomic mass is 9.95. The van der Waals surface area contributed by atoms with Crippen LogP contribution in [0.4, 0.5) is 0 Å². The smallest absolute Gasteiger partial charge is 0.309 e. The van der Waals surface area contributed by atoms with Gasteiger partial charge >= 0.3 is 11.8 Å². The first kappa shape index (κ1) is 17.9. The topological polar surface area (TPSA) is 83.8 Å². The predicted octanol–water partition coefficient (Wildman–Crippen LogP) is 1.22. The second kappa shape index (κ2) is 9.01. The van der Waals surface area contributed by atoms with E-state index in [4.69, 9.17) is 9.15 Å². The van der Waals surface area contributed by atoms with Crippen LogP contribution >= 0.6 is 0 Å².